The fourth-order valence-electron chi connectivity index (χ4n) is 1.20. The van der Waals surface area contributed by atoms with Crippen molar-refractivity contribution in [2.75, 3.05) is 5.75 Å². The van der Waals surface area contributed by atoms with Crippen molar-refractivity contribution >= 4 is 17.7 Å². The normalized spacial score (nSPS) is 12.1. The van der Waals surface area contributed by atoms with Gasteiger partial charge in [-0.25, -0.2) is 0 Å². The second kappa shape index (κ2) is 6.51. The summed E-state index contributed by atoms with van der Waals surface area (Å²) in [6.45, 7) is 3.37. The van der Waals surface area contributed by atoms with Gasteiger partial charge in [0, 0.05) is 17.6 Å². The van der Waals surface area contributed by atoms with E-state index in [1.165, 1.54) is 11.8 Å². The minimum absolute atomic E-state index is 0.0127. The second-order valence-corrected chi connectivity index (χ2v) is 4.54. The van der Waals surface area contributed by atoms with E-state index in [1.54, 1.807) is 11.8 Å². The van der Waals surface area contributed by atoms with Crippen LogP contribution in [0.15, 0.2) is 35.2 Å². The Kier molecular flexibility index (Phi) is 5.26. The average Bonchev–Trinajstić information content (AvgIpc) is 2.18. The third-order valence-corrected chi connectivity index (χ3v) is 2.95. The van der Waals surface area contributed by atoms with Gasteiger partial charge in [-0.1, -0.05) is 18.2 Å². The van der Waals surface area contributed by atoms with Crippen LogP contribution in [0.5, 0.6) is 0 Å². The van der Waals surface area contributed by atoms with Crippen LogP contribution in [0.25, 0.3) is 0 Å². The maximum Gasteiger partial charge on any atom is 0.302 e. The van der Waals surface area contributed by atoms with Crippen LogP contribution in [0.4, 0.5) is 0 Å². The smallest absolute Gasteiger partial charge is 0.302 e. The lowest BCUT2D eigenvalue weighted by atomic mass is 10.3. The first-order valence-electron chi connectivity index (χ1n) is 5.03. The molecule has 1 rings (SSSR count). The molecule has 0 N–H and O–H groups in total. The molecular weight excluding hydrogens is 208 g/mol. The van der Waals surface area contributed by atoms with Crippen LogP contribution in [-0.4, -0.2) is 17.8 Å². The van der Waals surface area contributed by atoms with E-state index in [9.17, 15) is 4.79 Å². The van der Waals surface area contributed by atoms with Crippen molar-refractivity contribution in [3.8, 4) is 0 Å². The molecule has 0 fully saturated rings. The molecular formula is C12H16O2S. The summed E-state index contributed by atoms with van der Waals surface area (Å²) < 4.78 is 5.04. The van der Waals surface area contributed by atoms with Gasteiger partial charge < -0.3 is 4.74 Å². The van der Waals surface area contributed by atoms with E-state index in [0.29, 0.717) is 0 Å². The van der Waals surface area contributed by atoms with E-state index in [0.717, 1.165) is 12.2 Å². The Morgan fingerprint density at radius 2 is 2.07 bits per heavy atom. The predicted octanol–water partition coefficient (Wildman–Crippen LogP) is 3.12. The zero-order valence-electron chi connectivity index (χ0n) is 9.10. The molecule has 0 bridgehead atoms. The van der Waals surface area contributed by atoms with Gasteiger partial charge in [0.25, 0.3) is 0 Å². The molecule has 0 spiro atoms. The summed E-state index contributed by atoms with van der Waals surface area (Å²) in [5.74, 6) is 0.769. The van der Waals surface area contributed by atoms with Crippen molar-refractivity contribution in [2.45, 2.75) is 31.3 Å². The van der Waals surface area contributed by atoms with Gasteiger partial charge >= 0.3 is 5.97 Å². The number of benzene rings is 1. The van der Waals surface area contributed by atoms with Crippen LogP contribution >= 0.6 is 11.8 Å². The standard InChI is InChI=1S/C12H16O2S/c1-10(14-11(2)13)8-9-15-12-6-4-3-5-7-12/h3-7,10H,8-9H2,1-2H3/t10-/m0/s1. The van der Waals surface area contributed by atoms with E-state index >= 15 is 0 Å². The Hall–Kier alpha value is -0.960. The van der Waals surface area contributed by atoms with Crippen molar-refractivity contribution in [1.82, 2.24) is 0 Å². The Bertz CT molecular complexity index is 298. The van der Waals surface area contributed by atoms with E-state index in [4.69, 9.17) is 4.74 Å². The highest BCUT2D eigenvalue weighted by atomic mass is 32.2. The molecule has 0 aliphatic carbocycles. The summed E-state index contributed by atoms with van der Waals surface area (Å²) in [5.41, 5.74) is 0. The zero-order chi connectivity index (χ0) is 11.1. The van der Waals surface area contributed by atoms with E-state index in [2.05, 4.69) is 12.1 Å². The maximum absolute atomic E-state index is 10.7. The largest absolute Gasteiger partial charge is 0.463 e. The van der Waals surface area contributed by atoms with Gasteiger partial charge in [0.05, 0.1) is 6.10 Å². The fraction of sp³-hybridized carbons (Fsp3) is 0.417. The van der Waals surface area contributed by atoms with Crippen molar-refractivity contribution in [3.63, 3.8) is 0 Å². The van der Waals surface area contributed by atoms with Gasteiger partial charge in [-0.2, -0.15) is 0 Å². The summed E-state index contributed by atoms with van der Waals surface area (Å²) in [5, 5.41) is 0. The second-order valence-electron chi connectivity index (χ2n) is 3.37. The van der Waals surface area contributed by atoms with Gasteiger partial charge in [0.1, 0.15) is 0 Å². The van der Waals surface area contributed by atoms with Crippen molar-refractivity contribution in [3.05, 3.63) is 30.3 Å². The topological polar surface area (TPSA) is 26.3 Å². The summed E-state index contributed by atoms with van der Waals surface area (Å²) >= 11 is 1.78. The van der Waals surface area contributed by atoms with Crippen LogP contribution in [0, 0.1) is 0 Å². The molecule has 0 unspecified atom stereocenters. The summed E-state index contributed by atoms with van der Waals surface area (Å²) in [6.07, 6.45) is 0.901. The molecule has 82 valence electrons. The lowest BCUT2D eigenvalue weighted by Gasteiger charge is -2.10. The number of carbonyl (C=O) groups excluding carboxylic acids is 1. The quantitative estimate of drug-likeness (QED) is 0.568. The third kappa shape index (κ3) is 5.47. The number of carbonyl (C=O) groups is 1. The van der Waals surface area contributed by atoms with Crippen LogP contribution in [0.1, 0.15) is 20.3 Å². The molecule has 1 atom stereocenters. The average molecular weight is 224 g/mol. The molecule has 3 heteroatoms. The molecule has 0 saturated carbocycles. The molecule has 0 aromatic heterocycles. The van der Waals surface area contributed by atoms with E-state index in [-0.39, 0.29) is 12.1 Å². The van der Waals surface area contributed by atoms with Gasteiger partial charge in [-0.3, -0.25) is 4.79 Å². The Labute approximate surface area is 95.0 Å². The molecule has 0 amide bonds. The van der Waals surface area contributed by atoms with Crippen molar-refractivity contribution in [2.24, 2.45) is 0 Å². The first-order chi connectivity index (χ1) is 7.18. The molecule has 1 aromatic rings. The van der Waals surface area contributed by atoms with Gasteiger partial charge in [0.2, 0.25) is 0 Å². The molecule has 0 radical (unpaired) electrons. The number of rotatable bonds is 5. The summed E-state index contributed by atoms with van der Waals surface area (Å²) in [4.78, 5) is 11.9. The monoisotopic (exact) mass is 224 g/mol. The van der Waals surface area contributed by atoms with Gasteiger partial charge in [0.15, 0.2) is 0 Å². The van der Waals surface area contributed by atoms with Crippen molar-refractivity contribution in [1.29, 1.82) is 0 Å². The Balaban J connectivity index is 2.19. The number of hydrogen-bond acceptors (Lipinski definition) is 3. The molecule has 0 heterocycles. The third-order valence-electron chi connectivity index (χ3n) is 1.90. The molecule has 1 aromatic carbocycles. The highest BCUT2D eigenvalue weighted by molar-refractivity contribution is 7.99. The van der Waals surface area contributed by atoms with Crippen LogP contribution in [0.3, 0.4) is 0 Å². The number of hydrogen-bond donors (Lipinski definition) is 0. The fourth-order valence-corrected chi connectivity index (χ4v) is 2.24. The number of ether oxygens (including phenoxy) is 1. The Morgan fingerprint density at radius 3 is 2.67 bits per heavy atom. The molecule has 0 saturated heterocycles. The number of esters is 1. The lowest BCUT2D eigenvalue weighted by molar-refractivity contribution is -0.145. The zero-order valence-corrected chi connectivity index (χ0v) is 9.92. The highest BCUT2D eigenvalue weighted by Gasteiger charge is 2.04. The van der Waals surface area contributed by atoms with E-state index in [1.807, 2.05) is 25.1 Å². The van der Waals surface area contributed by atoms with E-state index < -0.39 is 0 Å². The molecule has 15 heavy (non-hydrogen) atoms. The van der Waals surface area contributed by atoms with Crippen LogP contribution in [-0.2, 0) is 9.53 Å². The Morgan fingerprint density at radius 1 is 1.40 bits per heavy atom. The van der Waals surface area contributed by atoms with Gasteiger partial charge in [-0.15, -0.1) is 11.8 Å². The molecule has 0 aliphatic rings. The van der Waals surface area contributed by atoms with Crippen molar-refractivity contribution < 1.29 is 9.53 Å². The first-order valence-corrected chi connectivity index (χ1v) is 6.02. The summed E-state index contributed by atoms with van der Waals surface area (Å²) in [7, 11) is 0. The van der Waals surface area contributed by atoms with Crippen LogP contribution in [0.2, 0.25) is 0 Å². The predicted molar refractivity (Wildman–Crippen MR) is 63.0 cm³/mol. The van der Waals surface area contributed by atoms with Crippen LogP contribution < -0.4 is 0 Å². The highest BCUT2D eigenvalue weighted by Crippen LogP contribution is 2.18. The SMILES string of the molecule is CC(=O)O[C@@H](C)CCSc1ccccc1. The van der Waals surface area contributed by atoms with Gasteiger partial charge in [-0.05, 0) is 25.5 Å². The minimum atomic E-state index is -0.202. The minimum Gasteiger partial charge on any atom is -0.463 e. The maximum atomic E-state index is 10.7. The lowest BCUT2D eigenvalue weighted by Crippen LogP contribution is -2.12. The first kappa shape index (κ1) is 12.1. The molecule has 0 aliphatic heterocycles. The summed E-state index contributed by atoms with van der Waals surface area (Å²) in [6, 6.07) is 10.2. The molecule has 2 nitrogen and oxygen atoms in total. The number of thioether (sulfide) groups is 1.